The molecule has 3 rings (SSSR count). The molecule has 0 bridgehead atoms. The molecule has 0 aliphatic carbocycles. The lowest BCUT2D eigenvalue weighted by atomic mass is 9.92. The van der Waals surface area contributed by atoms with E-state index >= 15 is 0 Å². The van der Waals surface area contributed by atoms with E-state index in [9.17, 15) is 33.0 Å². The molecular weight excluding hydrogens is 508 g/mol. The molecule has 1 heterocycles. The summed E-state index contributed by atoms with van der Waals surface area (Å²) in [6.07, 6.45) is -5.85. The number of anilines is 1. The van der Waals surface area contributed by atoms with Crippen molar-refractivity contribution in [3.05, 3.63) is 52.0 Å². The highest BCUT2D eigenvalue weighted by Gasteiger charge is 2.38. The van der Waals surface area contributed by atoms with Gasteiger partial charge in [0.1, 0.15) is 20.1 Å². The normalized spacial score (nSPS) is 16.9. The number of hydrogen-bond acceptors (Lipinski definition) is 5. The lowest BCUT2D eigenvalue weighted by molar-refractivity contribution is -0.152. The molecule has 0 radical (unpaired) electrons. The molecule has 12 heteroatoms. The van der Waals surface area contributed by atoms with Crippen molar-refractivity contribution in [1.29, 1.82) is 0 Å². The lowest BCUT2D eigenvalue weighted by Gasteiger charge is -2.27. The minimum atomic E-state index is -4.48. The van der Waals surface area contributed by atoms with Gasteiger partial charge in [-0.05, 0) is 71.1 Å². The molecule has 1 unspecified atom stereocenters. The fourth-order valence-electron chi connectivity index (χ4n) is 3.37. The van der Waals surface area contributed by atoms with Gasteiger partial charge in [0.05, 0.1) is 16.6 Å². The quantitative estimate of drug-likeness (QED) is 0.558. The van der Waals surface area contributed by atoms with Gasteiger partial charge in [0, 0.05) is 5.69 Å². The number of benzene rings is 2. The predicted molar refractivity (Wildman–Crippen MR) is 120 cm³/mol. The van der Waals surface area contributed by atoms with Crippen molar-refractivity contribution in [2.75, 3.05) is 11.4 Å². The SMILES string of the molecule is Bc1cc(CN2C(=O)CN(c3ccc(C(F)(F)F)cc3)C2O)cc(Br)c1OC(C)(C)C(=O)O. The molecule has 2 N–H and O–H groups in total. The number of hydrogen-bond donors (Lipinski definition) is 2. The van der Waals surface area contributed by atoms with Gasteiger partial charge in [0.15, 0.2) is 5.60 Å². The smallest absolute Gasteiger partial charge is 0.416 e. The van der Waals surface area contributed by atoms with E-state index in [0.29, 0.717) is 21.2 Å². The van der Waals surface area contributed by atoms with Gasteiger partial charge in [0.25, 0.3) is 0 Å². The number of carboxylic acid groups (broad SMARTS) is 1. The molecule has 1 aliphatic heterocycles. The van der Waals surface area contributed by atoms with Crippen molar-refractivity contribution in [2.24, 2.45) is 0 Å². The van der Waals surface area contributed by atoms with Crippen LogP contribution in [0.5, 0.6) is 5.75 Å². The average Bonchev–Trinajstić information content (AvgIpc) is 2.98. The van der Waals surface area contributed by atoms with Crippen LogP contribution in [-0.2, 0) is 22.3 Å². The Morgan fingerprint density at radius 3 is 2.36 bits per heavy atom. The third-order valence-corrected chi connectivity index (χ3v) is 5.81. The number of aliphatic hydroxyl groups is 1. The number of carboxylic acids is 1. The van der Waals surface area contributed by atoms with Crippen molar-refractivity contribution < 1.29 is 37.7 Å². The highest BCUT2D eigenvalue weighted by molar-refractivity contribution is 9.10. The maximum atomic E-state index is 12.8. The molecule has 2 aromatic carbocycles. The highest BCUT2D eigenvalue weighted by Crippen LogP contribution is 2.33. The van der Waals surface area contributed by atoms with E-state index in [1.54, 1.807) is 20.0 Å². The Kier molecular flexibility index (Phi) is 6.72. The third kappa shape index (κ3) is 5.27. The Morgan fingerprint density at radius 1 is 1.24 bits per heavy atom. The Bertz CT molecular complexity index is 1060. The summed E-state index contributed by atoms with van der Waals surface area (Å²) in [5.74, 6) is -1.19. The van der Waals surface area contributed by atoms with Crippen molar-refractivity contribution >= 4 is 46.8 Å². The summed E-state index contributed by atoms with van der Waals surface area (Å²) in [4.78, 5) is 26.4. The van der Waals surface area contributed by atoms with Crippen molar-refractivity contribution in [2.45, 2.75) is 38.5 Å². The average molecular weight is 529 g/mol. The Labute approximate surface area is 197 Å². The molecule has 1 fully saturated rings. The van der Waals surface area contributed by atoms with E-state index in [0.717, 1.165) is 12.1 Å². The van der Waals surface area contributed by atoms with Gasteiger partial charge in [-0.15, -0.1) is 0 Å². The molecule has 33 heavy (non-hydrogen) atoms. The van der Waals surface area contributed by atoms with Gasteiger partial charge < -0.3 is 19.8 Å². The van der Waals surface area contributed by atoms with Gasteiger partial charge in [0.2, 0.25) is 12.3 Å². The van der Waals surface area contributed by atoms with Gasteiger partial charge in [-0.25, -0.2) is 4.79 Å². The second-order valence-electron chi connectivity index (χ2n) is 8.18. The highest BCUT2D eigenvalue weighted by atomic mass is 79.9. The fourth-order valence-corrected chi connectivity index (χ4v) is 4.06. The standard InChI is InChI=1S/C21H21BBrF3N2O5/c1-20(2,18(30)31)33-17-14(22)7-11(8-15(17)23)9-28-16(29)10-27(19(28)32)13-5-3-12(4-6-13)21(24,25)26/h3-8,19,32H,9-10,22H2,1-2H3,(H,30,31). The largest absolute Gasteiger partial charge is 0.478 e. The summed E-state index contributed by atoms with van der Waals surface area (Å²) in [6.45, 7) is 2.67. The number of aliphatic carboxylic acids is 1. The maximum Gasteiger partial charge on any atom is 0.416 e. The van der Waals surface area contributed by atoms with Crippen LogP contribution in [0.4, 0.5) is 18.9 Å². The zero-order valence-corrected chi connectivity index (χ0v) is 19.6. The molecule has 0 aromatic heterocycles. The van der Waals surface area contributed by atoms with Crippen LogP contribution in [0.25, 0.3) is 0 Å². The second kappa shape index (κ2) is 8.90. The van der Waals surface area contributed by atoms with Gasteiger partial charge >= 0.3 is 12.1 Å². The maximum absolute atomic E-state index is 12.8. The number of nitrogens with zero attached hydrogens (tertiary/aromatic N) is 2. The van der Waals surface area contributed by atoms with Gasteiger partial charge in [-0.1, -0.05) is 6.07 Å². The second-order valence-corrected chi connectivity index (χ2v) is 9.04. The summed E-state index contributed by atoms with van der Waals surface area (Å²) in [5.41, 5.74) is -0.742. The van der Waals surface area contributed by atoms with Crippen LogP contribution in [0.3, 0.4) is 0 Å². The first-order valence-electron chi connectivity index (χ1n) is 9.83. The van der Waals surface area contributed by atoms with Crippen molar-refractivity contribution in [1.82, 2.24) is 4.90 Å². The van der Waals surface area contributed by atoms with Crippen molar-refractivity contribution in [3.63, 3.8) is 0 Å². The van der Waals surface area contributed by atoms with Crippen LogP contribution in [0.2, 0.25) is 0 Å². The van der Waals surface area contributed by atoms with Crippen LogP contribution >= 0.6 is 15.9 Å². The van der Waals surface area contributed by atoms with Crippen molar-refractivity contribution in [3.8, 4) is 5.75 Å². The number of carbonyl (C=O) groups excluding carboxylic acids is 1. The van der Waals surface area contributed by atoms with E-state index in [1.807, 2.05) is 0 Å². The van der Waals surface area contributed by atoms with E-state index in [2.05, 4.69) is 15.9 Å². The number of halogens is 4. The predicted octanol–water partition coefficient (Wildman–Crippen LogP) is 2.09. The molecule has 1 atom stereocenters. The Morgan fingerprint density at radius 2 is 1.85 bits per heavy atom. The third-order valence-electron chi connectivity index (χ3n) is 5.22. The van der Waals surface area contributed by atoms with E-state index in [4.69, 9.17) is 4.74 Å². The van der Waals surface area contributed by atoms with Gasteiger partial charge in [-0.3, -0.25) is 9.69 Å². The molecule has 7 nitrogen and oxygen atoms in total. The number of amides is 1. The first-order valence-corrected chi connectivity index (χ1v) is 10.6. The number of aliphatic hydroxyl groups excluding tert-OH is 1. The van der Waals surface area contributed by atoms with E-state index in [1.165, 1.54) is 35.8 Å². The molecular formula is C21H21BBrF3N2O5. The lowest BCUT2D eigenvalue weighted by Crippen LogP contribution is -2.40. The van der Waals surface area contributed by atoms with Crippen LogP contribution in [0.15, 0.2) is 40.9 Å². The van der Waals surface area contributed by atoms with E-state index < -0.39 is 35.6 Å². The van der Waals surface area contributed by atoms with Crippen LogP contribution in [0.1, 0.15) is 25.0 Å². The monoisotopic (exact) mass is 528 g/mol. The number of carbonyl (C=O) groups is 2. The molecule has 1 aliphatic rings. The van der Waals surface area contributed by atoms with E-state index in [-0.39, 0.29) is 18.8 Å². The molecule has 176 valence electrons. The fraction of sp³-hybridized carbons (Fsp3) is 0.333. The summed E-state index contributed by atoms with van der Waals surface area (Å²) >= 11 is 3.36. The first-order chi connectivity index (χ1) is 15.2. The number of ether oxygens (including phenoxy) is 1. The number of rotatable bonds is 6. The summed E-state index contributed by atoms with van der Waals surface area (Å²) < 4.78 is 44.5. The summed E-state index contributed by atoms with van der Waals surface area (Å²) in [7, 11) is 1.72. The molecule has 2 aromatic rings. The molecule has 1 amide bonds. The van der Waals surface area contributed by atoms with Crippen LogP contribution in [-0.4, -0.2) is 53.3 Å². The van der Waals surface area contributed by atoms with Gasteiger partial charge in [-0.2, -0.15) is 13.2 Å². The molecule has 0 spiro atoms. The first kappa shape index (κ1) is 24.9. The summed E-state index contributed by atoms with van der Waals surface area (Å²) in [6, 6.07) is 7.57. The molecule has 1 saturated heterocycles. The zero-order valence-electron chi connectivity index (χ0n) is 18.0. The minimum absolute atomic E-state index is 0.0270. The van der Waals surface area contributed by atoms with Crippen LogP contribution in [0, 0.1) is 0 Å². The Hall–Kier alpha value is -2.73. The summed E-state index contributed by atoms with van der Waals surface area (Å²) in [5, 5.41) is 20.0. The van der Waals surface area contributed by atoms with Crippen LogP contribution < -0.4 is 15.1 Å². The molecule has 0 saturated carbocycles. The zero-order chi connectivity index (χ0) is 24.7. The minimum Gasteiger partial charge on any atom is -0.478 e. The number of alkyl halides is 3. The Balaban J connectivity index is 1.78. The topological polar surface area (TPSA) is 90.3 Å².